The largest absolute Gasteiger partial charge is 0.478 e. The maximum atomic E-state index is 11.9. The molecule has 2 aromatic rings. The Hall–Kier alpha value is -3.15. The number of aromatic carboxylic acids is 1. The van der Waals surface area contributed by atoms with Gasteiger partial charge in [-0.25, -0.2) is 9.59 Å². The second-order valence-electron chi connectivity index (χ2n) is 4.82. The van der Waals surface area contributed by atoms with Gasteiger partial charge in [-0.3, -0.25) is 4.79 Å². The van der Waals surface area contributed by atoms with Gasteiger partial charge in [0, 0.05) is 23.4 Å². The van der Waals surface area contributed by atoms with Crippen LogP contribution in [0.2, 0.25) is 0 Å². The Labute approximate surface area is 133 Å². The molecule has 0 fully saturated rings. The van der Waals surface area contributed by atoms with Crippen LogP contribution in [0, 0.1) is 0 Å². The molecule has 0 aliphatic heterocycles. The lowest BCUT2D eigenvalue weighted by molar-refractivity contribution is 0.0696. The van der Waals surface area contributed by atoms with Gasteiger partial charge in [-0.2, -0.15) is 0 Å². The van der Waals surface area contributed by atoms with Crippen LogP contribution in [-0.4, -0.2) is 22.9 Å². The number of nitrogens with one attached hydrogen (secondary N) is 2. The van der Waals surface area contributed by atoms with Crippen molar-refractivity contribution in [2.75, 3.05) is 10.6 Å². The third kappa shape index (κ3) is 4.41. The molecule has 0 saturated carbocycles. The fourth-order valence-corrected chi connectivity index (χ4v) is 1.93. The van der Waals surface area contributed by atoms with Gasteiger partial charge in [0.05, 0.1) is 5.56 Å². The molecule has 3 N–H and O–H groups in total. The highest BCUT2D eigenvalue weighted by Gasteiger charge is 2.06. The number of carboxylic acids is 1. The smallest absolute Gasteiger partial charge is 0.335 e. The molecule has 0 unspecified atom stereocenters. The number of carbonyl (C=O) groups excluding carboxylic acids is 2. The van der Waals surface area contributed by atoms with Gasteiger partial charge in [0.1, 0.15) is 0 Å². The van der Waals surface area contributed by atoms with Crippen LogP contribution in [-0.2, 0) is 0 Å². The molecule has 0 saturated heterocycles. The van der Waals surface area contributed by atoms with E-state index >= 15 is 0 Å². The predicted molar refractivity (Wildman–Crippen MR) is 87.1 cm³/mol. The zero-order valence-electron chi connectivity index (χ0n) is 12.5. The van der Waals surface area contributed by atoms with Crippen molar-refractivity contribution in [1.82, 2.24) is 0 Å². The van der Waals surface area contributed by atoms with Crippen molar-refractivity contribution in [1.29, 1.82) is 0 Å². The standard InChI is InChI=1S/C17H16N2O4/c1-2-15(20)11-3-7-13(8-4-11)18-17(23)19-14-9-5-12(6-10-14)16(21)22/h3-10H,2H2,1H3,(H,21,22)(H2,18,19,23). The Morgan fingerprint density at radius 3 is 1.65 bits per heavy atom. The Morgan fingerprint density at radius 1 is 0.826 bits per heavy atom. The fraction of sp³-hybridized carbons (Fsp3) is 0.118. The number of hydrogen-bond donors (Lipinski definition) is 3. The van der Waals surface area contributed by atoms with Gasteiger partial charge in [0.2, 0.25) is 0 Å². The Morgan fingerprint density at radius 2 is 1.26 bits per heavy atom. The number of carbonyl (C=O) groups is 3. The van der Waals surface area contributed by atoms with E-state index in [0.29, 0.717) is 23.4 Å². The van der Waals surface area contributed by atoms with Gasteiger partial charge in [-0.1, -0.05) is 6.92 Å². The molecule has 0 atom stereocenters. The molecule has 0 bridgehead atoms. The summed E-state index contributed by atoms with van der Waals surface area (Å²) >= 11 is 0. The van der Waals surface area contributed by atoms with Crippen molar-refractivity contribution < 1.29 is 19.5 Å². The molecule has 6 nitrogen and oxygen atoms in total. The summed E-state index contributed by atoms with van der Waals surface area (Å²) in [6, 6.07) is 12.0. The number of urea groups is 1. The summed E-state index contributed by atoms with van der Waals surface area (Å²) in [6.07, 6.45) is 0.430. The summed E-state index contributed by atoms with van der Waals surface area (Å²) in [5.74, 6) is -0.984. The number of amides is 2. The minimum absolute atomic E-state index is 0.0412. The van der Waals surface area contributed by atoms with Gasteiger partial charge in [-0.15, -0.1) is 0 Å². The lowest BCUT2D eigenvalue weighted by atomic mass is 10.1. The highest BCUT2D eigenvalue weighted by atomic mass is 16.4. The third-order valence-corrected chi connectivity index (χ3v) is 3.18. The molecule has 0 aliphatic rings. The molecular weight excluding hydrogens is 296 g/mol. The first kappa shape index (κ1) is 16.2. The second kappa shape index (κ2) is 7.22. The van der Waals surface area contributed by atoms with Crippen LogP contribution in [0.4, 0.5) is 16.2 Å². The molecule has 6 heteroatoms. The van der Waals surface area contributed by atoms with Crippen LogP contribution in [0.15, 0.2) is 48.5 Å². The topological polar surface area (TPSA) is 95.5 Å². The van der Waals surface area contributed by atoms with Crippen LogP contribution in [0.1, 0.15) is 34.1 Å². The maximum Gasteiger partial charge on any atom is 0.335 e. The van der Waals surface area contributed by atoms with Crippen LogP contribution >= 0.6 is 0 Å². The maximum absolute atomic E-state index is 11.9. The molecule has 2 aromatic carbocycles. The van der Waals surface area contributed by atoms with Gasteiger partial charge < -0.3 is 15.7 Å². The van der Waals surface area contributed by atoms with Crippen molar-refractivity contribution in [2.24, 2.45) is 0 Å². The normalized spacial score (nSPS) is 9.96. The number of rotatable bonds is 5. The van der Waals surface area contributed by atoms with E-state index in [0.717, 1.165) is 0 Å². The van der Waals surface area contributed by atoms with Gasteiger partial charge in [-0.05, 0) is 48.5 Å². The number of hydrogen-bond acceptors (Lipinski definition) is 3. The van der Waals surface area contributed by atoms with Gasteiger partial charge >= 0.3 is 12.0 Å². The van der Waals surface area contributed by atoms with E-state index in [1.165, 1.54) is 24.3 Å². The number of Topliss-reactive ketones (excluding diaryl/α,β-unsaturated/α-hetero) is 1. The number of anilines is 2. The van der Waals surface area contributed by atoms with Crippen molar-refractivity contribution in [3.8, 4) is 0 Å². The third-order valence-electron chi connectivity index (χ3n) is 3.18. The SMILES string of the molecule is CCC(=O)c1ccc(NC(=O)Nc2ccc(C(=O)O)cc2)cc1. The van der Waals surface area contributed by atoms with Crippen molar-refractivity contribution in [2.45, 2.75) is 13.3 Å². The van der Waals surface area contributed by atoms with E-state index < -0.39 is 12.0 Å². The monoisotopic (exact) mass is 312 g/mol. The quantitative estimate of drug-likeness (QED) is 0.735. The van der Waals surface area contributed by atoms with E-state index in [9.17, 15) is 14.4 Å². The number of benzene rings is 2. The molecule has 0 aliphatic carbocycles. The molecule has 0 radical (unpaired) electrons. The zero-order valence-corrected chi connectivity index (χ0v) is 12.5. The first-order valence-electron chi connectivity index (χ1n) is 7.04. The molecule has 23 heavy (non-hydrogen) atoms. The van der Waals surface area contributed by atoms with E-state index in [1.807, 2.05) is 0 Å². The van der Waals surface area contributed by atoms with Gasteiger partial charge in [0.25, 0.3) is 0 Å². The number of carboxylic acid groups (broad SMARTS) is 1. The molecule has 0 aromatic heterocycles. The van der Waals surface area contributed by atoms with E-state index in [2.05, 4.69) is 10.6 Å². The summed E-state index contributed by atoms with van der Waals surface area (Å²) < 4.78 is 0. The van der Waals surface area contributed by atoms with E-state index in [-0.39, 0.29) is 11.3 Å². The summed E-state index contributed by atoms with van der Waals surface area (Å²) in [7, 11) is 0. The van der Waals surface area contributed by atoms with Crippen molar-refractivity contribution in [3.63, 3.8) is 0 Å². The van der Waals surface area contributed by atoms with Crippen molar-refractivity contribution in [3.05, 3.63) is 59.7 Å². The fourth-order valence-electron chi connectivity index (χ4n) is 1.93. The second-order valence-corrected chi connectivity index (χ2v) is 4.82. The lowest BCUT2D eigenvalue weighted by Gasteiger charge is -2.08. The molecular formula is C17H16N2O4. The summed E-state index contributed by atoms with van der Waals surface area (Å²) in [5.41, 5.74) is 1.78. The number of ketones is 1. The Bertz CT molecular complexity index is 721. The lowest BCUT2D eigenvalue weighted by Crippen LogP contribution is -2.19. The molecule has 2 rings (SSSR count). The van der Waals surface area contributed by atoms with Crippen molar-refractivity contribution >= 4 is 29.2 Å². The first-order chi connectivity index (χ1) is 11.0. The summed E-state index contributed by atoms with van der Waals surface area (Å²) in [5, 5.41) is 14.0. The van der Waals surface area contributed by atoms with Crippen LogP contribution in [0.3, 0.4) is 0 Å². The zero-order chi connectivity index (χ0) is 16.8. The first-order valence-corrected chi connectivity index (χ1v) is 7.04. The Balaban J connectivity index is 1.96. The molecule has 0 spiro atoms. The minimum Gasteiger partial charge on any atom is -0.478 e. The van der Waals surface area contributed by atoms with Crippen LogP contribution in [0.5, 0.6) is 0 Å². The van der Waals surface area contributed by atoms with E-state index in [4.69, 9.17) is 5.11 Å². The van der Waals surface area contributed by atoms with Gasteiger partial charge in [0.15, 0.2) is 5.78 Å². The molecule has 118 valence electrons. The minimum atomic E-state index is -1.03. The average molecular weight is 312 g/mol. The average Bonchev–Trinajstić information content (AvgIpc) is 2.55. The highest BCUT2D eigenvalue weighted by Crippen LogP contribution is 2.13. The summed E-state index contributed by atoms with van der Waals surface area (Å²) in [6.45, 7) is 1.79. The van der Waals surface area contributed by atoms with Crippen LogP contribution < -0.4 is 10.6 Å². The summed E-state index contributed by atoms with van der Waals surface area (Å²) in [4.78, 5) is 34.1. The Kier molecular flexibility index (Phi) is 5.09. The predicted octanol–water partition coefficient (Wildman–Crippen LogP) is 3.62. The molecule has 0 heterocycles. The highest BCUT2D eigenvalue weighted by molar-refractivity contribution is 6.01. The molecule has 2 amide bonds. The van der Waals surface area contributed by atoms with E-state index in [1.54, 1.807) is 31.2 Å². The van der Waals surface area contributed by atoms with Crippen LogP contribution in [0.25, 0.3) is 0 Å².